The van der Waals surface area contributed by atoms with Crippen molar-refractivity contribution < 1.29 is 28.8 Å². The summed E-state index contributed by atoms with van der Waals surface area (Å²) in [5.74, 6) is -1.89. The Morgan fingerprint density at radius 2 is 1.91 bits per heavy atom. The number of amides is 2. The molecule has 2 rings (SSSR count). The number of nitrogens with zero attached hydrogens (tertiary/aromatic N) is 1. The van der Waals surface area contributed by atoms with Crippen LogP contribution in [0.3, 0.4) is 0 Å². The van der Waals surface area contributed by atoms with E-state index in [2.05, 4.69) is 26.6 Å². The van der Waals surface area contributed by atoms with Crippen molar-refractivity contribution in [3.63, 3.8) is 0 Å². The largest absolute Gasteiger partial charge is 0.480 e. The van der Waals surface area contributed by atoms with Gasteiger partial charge in [0.25, 0.3) is 5.91 Å². The van der Waals surface area contributed by atoms with Gasteiger partial charge < -0.3 is 25.0 Å². The highest BCUT2D eigenvalue weighted by atomic mass is 79.9. The molecule has 32 heavy (non-hydrogen) atoms. The minimum Gasteiger partial charge on any atom is -0.480 e. The van der Waals surface area contributed by atoms with E-state index in [0.717, 1.165) is 0 Å². The number of hydrogen-bond donors (Lipinski definition) is 3. The highest BCUT2D eigenvalue weighted by molar-refractivity contribution is 9.10. The second-order valence-corrected chi connectivity index (χ2v) is 9.21. The molecule has 1 saturated heterocycles. The molecule has 0 aromatic heterocycles. The van der Waals surface area contributed by atoms with E-state index in [-0.39, 0.29) is 48.7 Å². The van der Waals surface area contributed by atoms with Crippen molar-refractivity contribution in [2.24, 2.45) is 5.92 Å². The molecule has 3 N–H and O–H groups in total. The molecule has 1 heterocycles. The molecule has 0 aliphatic carbocycles. The summed E-state index contributed by atoms with van der Waals surface area (Å²) in [7, 11) is -0.663. The normalized spacial score (nSPS) is 16.2. The summed E-state index contributed by atoms with van der Waals surface area (Å²) in [6.07, 6.45) is 0.612. The third-order valence-corrected chi connectivity index (χ3v) is 5.54. The maximum Gasteiger partial charge on any atom is 0.480 e. The van der Waals surface area contributed by atoms with Gasteiger partial charge in [0.2, 0.25) is 5.91 Å². The van der Waals surface area contributed by atoms with Gasteiger partial charge in [-0.2, -0.15) is 0 Å². The van der Waals surface area contributed by atoms with Crippen LogP contribution in [0.15, 0.2) is 22.7 Å². The Balaban J connectivity index is 1.92. The van der Waals surface area contributed by atoms with E-state index >= 15 is 0 Å². The molecule has 1 aromatic carbocycles. The Labute approximate surface area is 201 Å². The van der Waals surface area contributed by atoms with Gasteiger partial charge in [-0.15, -0.1) is 0 Å². The molecule has 176 valence electrons. The highest BCUT2D eigenvalue weighted by Crippen LogP contribution is 2.20. The van der Waals surface area contributed by atoms with E-state index in [1.807, 2.05) is 13.8 Å². The summed E-state index contributed by atoms with van der Waals surface area (Å²) in [4.78, 5) is 37.6. The number of halogens is 2. The first-order valence-corrected chi connectivity index (χ1v) is 11.5. The van der Waals surface area contributed by atoms with E-state index in [9.17, 15) is 14.4 Å². The standard InChI is InChI=1S/C20H28BBrClN3O6/c1-13(2)9-17(21-31-7-5-26(6-8-32-21)12-19(28)29)25-18(27)11-24-20(30)15-10-14(22)3-4-16(15)23/h3-4,10,13,17H,5-9,11-12H2,1-2H3,(H,24,30)(H,25,27)(H,28,29)/t17-/m0/s1. The van der Waals surface area contributed by atoms with Crippen LogP contribution in [0.1, 0.15) is 30.6 Å². The van der Waals surface area contributed by atoms with Gasteiger partial charge in [0, 0.05) is 30.8 Å². The average molecular weight is 533 g/mol. The van der Waals surface area contributed by atoms with Gasteiger partial charge in [-0.3, -0.25) is 19.3 Å². The number of rotatable bonds is 9. The molecule has 0 saturated carbocycles. The number of carboxylic acid groups (broad SMARTS) is 1. The highest BCUT2D eigenvalue weighted by Gasteiger charge is 2.34. The number of hydrogen-bond acceptors (Lipinski definition) is 6. The topological polar surface area (TPSA) is 117 Å². The zero-order valence-electron chi connectivity index (χ0n) is 18.1. The summed E-state index contributed by atoms with van der Waals surface area (Å²) in [5, 5.41) is 14.7. The molecule has 1 aliphatic rings. The number of aliphatic carboxylic acids is 1. The van der Waals surface area contributed by atoms with Gasteiger partial charge in [-0.1, -0.05) is 41.4 Å². The van der Waals surface area contributed by atoms with Crippen LogP contribution < -0.4 is 10.6 Å². The van der Waals surface area contributed by atoms with E-state index < -0.39 is 24.9 Å². The van der Waals surface area contributed by atoms with Crippen molar-refractivity contribution in [3.05, 3.63) is 33.3 Å². The molecule has 0 spiro atoms. The zero-order valence-corrected chi connectivity index (χ0v) is 20.4. The van der Waals surface area contributed by atoms with Gasteiger partial charge in [0.15, 0.2) is 0 Å². The van der Waals surface area contributed by atoms with E-state index in [1.54, 1.807) is 23.1 Å². The lowest BCUT2D eigenvalue weighted by Crippen LogP contribution is -2.54. The number of carbonyl (C=O) groups is 3. The molecule has 0 bridgehead atoms. The quantitative estimate of drug-likeness (QED) is 0.416. The third-order valence-electron chi connectivity index (χ3n) is 4.72. The van der Waals surface area contributed by atoms with Gasteiger partial charge in [-0.25, -0.2) is 0 Å². The Kier molecular flexibility index (Phi) is 10.9. The Morgan fingerprint density at radius 3 is 2.50 bits per heavy atom. The fourth-order valence-corrected chi connectivity index (χ4v) is 3.83. The van der Waals surface area contributed by atoms with Gasteiger partial charge >= 0.3 is 13.1 Å². The number of nitrogens with one attached hydrogen (secondary N) is 2. The summed E-state index contributed by atoms with van der Waals surface area (Å²) < 4.78 is 12.3. The number of benzene rings is 1. The van der Waals surface area contributed by atoms with Crippen LogP contribution in [0.5, 0.6) is 0 Å². The molecule has 0 unspecified atom stereocenters. The molecular weight excluding hydrogens is 504 g/mol. The van der Waals surface area contributed by atoms with Crippen molar-refractivity contribution in [3.8, 4) is 0 Å². The fourth-order valence-electron chi connectivity index (χ4n) is 3.27. The Hall–Kier alpha value is -1.66. The smallest absolute Gasteiger partial charge is 0.480 e. The Bertz CT molecular complexity index is 806. The lowest BCUT2D eigenvalue weighted by atomic mass is 9.73. The second kappa shape index (κ2) is 13.1. The van der Waals surface area contributed by atoms with Crippen LogP contribution >= 0.6 is 27.5 Å². The first-order chi connectivity index (χ1) is 15.2. The van der Waals surface area contributed by atoms with E-state index in [1.165, 1.54) is 0 Å². The van der Waals surface area contributed by atoms with Crippen molar-refractivity contribution >= 4 is 52.4 Å². The monoisotopic (exact) mass is 531 g/mol. The van der Waals surface area contributed by atoms with Crippen LogP contribution in [-0.2, 0) is 18.9 Å². The molecule has 1 aliphatic heterocycles. The van der Waals surface area contributed by atoms with Crippen LogP contribution in [0.25, 0.3) is 0 Å². The summed E-state index contributed by atoms with van der Waals surface area (Å²) in [6, 6.07) is 4.90. The SMILES string of the molecule is CC(C)C[C@H](NC(=O)CNC(=O)c1cc(Br)ccc1Cl)B1OCCN(CC(=O)O)CCO1. The molecule has 1 aromatic rings. The minimum atomic E-state index is -0.904. The predicted octanol–water partition coefficient (Wildman–Crippen LogP) is 1.82. The predicted molar refractivity (Wildman–Crippen MR) is 125 cm³/mol. The molecule has 1 atom stereocenters. The number of carbonyl (C=O) groups excluding carboxylic acids is 2. The maximum atomic E-state index is 12.5. The third kappa shape index (κ3) is 9.07. The van der Waals surface area contributed by atoms with Crippen molar-refractivity contribution in [1.29, 1.82) is 0 Å². The van der Waals surface area contributed by atoms with E-state index in [0.29, 0.717) is 24.0 Å². The van der Waals surface area contributed by atoms with Crippen molar-refractivity contribution in [2.45, 2.75) is 26.2 Å². The molecule has 1 fully saturated rings. The Morgan fingerprint density at radius 1 is 1.25 bits per heavy atom. The molecular formula is C20H28BBrClN3O6. The van der Waals surface area contributed by atoms with Crippen LogP contribution in [-0.4, -0.2) is 80.2 Å². The number of carboxylic acids is 1. The van der Waals surface area contributed by atoms with E-state index in [4.69, 9.17) is 26.0 Å². The zero-order chi connectivity index (χ0) is 23.7. The molecule has 2 amide bonds. The summed E-state index contributed by atoms with van der Waals surface area (Å²) >= 11 is 9.36. The lowest BCUT2D eigenvalue weighted by Gasteiger charge is -2.30. The molecule has 0 radical (unpaired) electrons. The van der Waals surface area contributed by atoms with Gasteiger partial charge in [-0.05, 0) is 30.5 Å². The van der Waals surface area contributed by atoms with Crippen LogP contribution in [0, 0.1) is 5.92 Å². The first-order valence-electron chi connectivity index (χ1n) is 10.4. The van der Waals surface area contributed by atoms with Crippen molar-refractivity contribution in [2.75, 3.05) is 39.4 Å². The minimum absolute atomic E-state index is 0.0781. The summed E-state index contributed by atoms with van der Waals surface area (Å²) in [5.41, 5.74) is 0.269. The molecule has 12 heteroatoms. The molecule has 9 nitrogen and oxygen atoms in total. The second-order valence-electron chi connectivity index (χ2n) is 7.89. The van der Waals surface area contributed by atoms with Crippen LogP contribution in [0.4, 0.5) is 0 Å². The summed E-state index contributed by atoms with van der Waals surface area (Å²) in [6.45, 7) is 5.21. The fraction of sp³-hybridized carbons (Fsp3) is 0.550. The maximum absolute atomic E-state index is 12.5. The van der Waals surface area contributed by atoms with Gasteiger partial charge in [0.05, 0.1) is 29.6 Å². The first kappa shape index (κ1) is 26.6. The van der Waals surface area contributed by atoms with Crippen LogP contribution in [0.2, 0.25) is 5.02 Å². The van der Waals surface area contributed by atoms with Gasteiger partial charge in [0.1, 0.15) is 0 Å². The lowest BCUT2D eigenvalue weighted by molar-refractivity contribution is -0.138. The average Bonchev–Trinajstić information content (AvgIpc) is 2.68. The van der Waals surface area contributed by atoms with Crippen molar-refractivity contribution in [1.82, 2.24) is 15.5 Å².